The summed E-state index contributed by atoms with van der Waals surface area (Å²) in [7, 11) is 0. The number of ether oxygens (including phenoxy) is 1. The topological polar surface area (TPSA) is 94.3 Å². The average Bonchev–Trinajstić information content (AvgIpc) is 3.44. The lowest BCUT2D eigenvalue weighted by atomic mass is 9.94. The highest BCUT2D eigenvalue weighted by atomic mass is 32.1. The van der Waals surface area contributed by atoms with Crippen molar-refractivity contribution in [3.8, 4) is 11.5 Å². The first-order valence-corrected chi connectivity index (χ1v) is 10.9. The van der Waals surface area contributed by atoms with E-state index in [9.17, 15) is 9.59 Å². The summed E-state index contributed by atoms with van der Waals surface area (Å²) in [5.74, 6) is 0.114. The number of anilines is 1. The molecule has 30 heavy (non-hydrogen) atoms. The molecule has 0 aliphatic carbocycles. The summed E-state index contributed by atoms with van der Waals surface area (Å²) in [5.41, 5.74) is 1.86. The van der Waals surface area contributed by atoms with Gasteiger partial charge in [0.25, 0.3) is 5.91 Å². The molecule has 1 aliphatic rings. The van der Waals surface area contributed by atoms with Crippen molar-refractivity contribution in [3.63, 3.8) is 0 Å². The van der Waals surface area contributed by atoms with Crippen LogP contribution < -0.4 is 5.32 Å². The van der Waals surface area contributed by atoms with Gasteiger partial charge in [-0.15, -0.1) is 0 Å². The molecule has 1 saturated heterocycles. The van der Waals surface area contributed by atoms with E-state index in [1.807, 2.05) is 6.07 Å². The Bertz CT molecular complexity index is 1010. The molecule has 0 spiro atoms. The van der Waals surface area contributed by atoms with Gasteiger partial charge in [0.2, 0.25) is 0 Å². The summed E-state index contributed by atoms with van der Waals surface area (Å²) in [5, 5.41) is 3.16. The Morgan fingerprint density at radius 3 is 2.73 bits per heavy atom. The van der Waals surface area contributed by atoms with Gasteiger partial charge in [-0.1, -0.05) is 24.7 Å². The predicted octanol–water partition coefficient (Wildman–Crippen LogP) is 4.61. The van der Waals surface area contributed by atoms with Crippen molar-refractivity contribution in [1.82, 2.24) is 9.97 Å². The Morgan fingerprint density at radius 2 is 2.07 bits per heavy atom. The molecular formula is C22H23N3O4S. The third-order valence-electron chi connectivity index (χ3n) is 5.01. The summed E-state index contributed by atoms with van der Waals surface area (Å²) in [6.45, 7) is 3.24. The van der Waals surface area contributed by atoms with E-state index in [0.29, 0.717) is 53.1 Å². The number of hydrogen-bond acceptors (Lipinski definition) is 7. The normalized spacial score (nSPS) is 14.6. The SMILES string of the molecule is CCCc1ccc(C(=O)Nc2nc(-c3ccco3)c(C(=O)C3CCOCC3)s2)cn1. The summed E-state index contributed by atoms with van der Waals surface area (Å²) in [6.07, 6.45) is 6.35. The van der Waals surface area contributed by atoms with Crippen molar-refractivity contribution in [3.05, 3.63) is 52.9 Å². The third-order valence-corrected chi connectivity index (χ3v) is 6.00. The number of carbonyl (C=O) groups excluding carboxylic acids is 2. The molecule has 0 bridgehead atoms. The maximum atomic E-state index is 13.1. The van der Waals surface area contributed by atoms with Gasteiger partial charge in [-0.05, 0) is 43.5 Å². The van der Waals surface area contributed by atoms with Crippen molar-refractivity contribution >= 4 is 28.2 Å². The fourth-order valence-corrected chi connectivity index (χ4v) is 4.38. The number of ketones is 1. The fourth-order valence-electron chi connectivity index (χ4n) is 3.40. The van der Waals surface area contributed by atoms with E-state index in [2.05, 4.69) is 22.2 Å². The standard InChI is InChI=1S/C22H23N3O4S/c1-2-4-16-7-6-15(13-23-16)21(27)25-22-24-18(17-5-3-10-29-17)20(30-22)19(26)14-8-11-28-12-9-14/h3,5-7,10,13-14H,2,4,8-9,11-12H2,1H3,(H,24,25,27). The zero-order chi connectivity index (χ0) is 20.9. The highest BCUT2D eigenvalue weighted by molar-refractivity contribution is 7.18. The van der Waals surface area contributed by atoms with Crippen LogP contribution in [0.5, 0.6) is 0 Å². The summed E-state index contributed by atoms with van der Waals surface area (Å²) in [6, 6.07) is 7.12. The number of aryl methyl sites for hydroxylation is 1. The number of nitrogens with one attached hydrogen (secondary N) is 1. The molecule has 1 amide bonds. The molecule has 1 fully saturated rings. The molecule has 0 unspecified atom stereocenters. The molecular weight excluding hydrogens is 402 g/mol. The monoisotopic (exact) mass is 425 g/mol. The van der Waals surface area contributed by atoms with Gasteiger partial charge in [0, 0.05) is 31.0 Å². The van der Waals surface area contributed by atoms with Gasteiger partial charge in [-0.2, -0.15) is 0 Å². The Kier molecular flexibility index (Phi) is 6.35. The van der Waals surface area contributed by atoms with Gasteiger partial charge >= 0.3 is 0 Å². The number of rotatable bonds is 7. The lowest BCUT2D eigenvalue weighted by molar-refractivity contribution is 0.0547. The second-order valence-electron chi connectivity index (χ2n) is 7.17. The number of pyridine rings is 1. The van der Waals surface area contributed by atoms with E-state index >= 15 is 0 Å². The van der Waals surface area contributed by atoms with Crippen LogP contribution in [0.2, 0.25) is 0 Å². The Hall–Kier alpha value is -2.84. The van der Waals surface area contributed by atoms with E-state index in [1.54, 1.807) is 30.7 Å². The molecule has 7 nitrogen and oxygen atoms in total. The lowest BCUT2D eigenvalue weighted by Gasteiger charge is -2.20. The number of amides is 1. The van der Waals surface area contributed by atoms with Crippen LogP contribution in [0.4, 0.5) is 5.13 Å². The zero-order valence-corrected chi connectivity index (χ0v) is 17.5. The second kappa shape index (κ2) is 9.32. The second-order valence-corrected chi connectivity index (χ2v) is 8.17. The highest BCUT2D eigenvalue weighted by Crippen LogP contribution is 2.35. The molecule has 1 N–H and O–H groups in total. The van der Waals surface area contributed by atoms with E-state index in [4.69, 9.17) is 9.15 Å². The Morgan fingerprint density at radius 1 is 1.23 bits per heavy atom. The molecule has 3 aromatic heterocycles. The number of carbonyl (C=O) groups is 2. The van der Waals surface area contributed by atoms with Crippen molar-refractivity contribution in [2.75, 3.05) is 18.5 Å². The van der Waals surface area contributed by atoms with Crippen LogP contribution in [0.3, 0.4) is 0 Å². The van der Waals surface area contributed by atoms with E-state index in [1.165, 1.54) is 11.3 Å². The predicted molar refractivity (Wildman–Crippen MR) is 114 cm³/mol. The van der Waals surface area contributed by atoms with E-state index < -0.39 is 0 Å². The molecule has 1 aliphatic heterocycles. The van der Waals surface area contributed by atoms with Crippen LogP contribution in [0.15, 0.2) is 41.1 Å². The number of aromatic nitrogens is 2. The maximum Gasteiger partial charge on any atom is 0.259 e. The van der Waals surface area contributed by atoms with Gasteiger partial charge in [-0.3, -0.25) is 19.9 Å². The molecule has 4 heterocycles. The molecule has 156 valence electrons. The Labute approximate surface area is 178 Å². The molecule has 4 rings (SSSR count). The molecule has 3 aromatic rings. The number of Topliss-reactive ketones (excluding diaryl/α,β-unsaturated/α-hetero) is 1. The first-order chi connectivity index (χ1) is 14.7. The van der Waals surface area contributed by atoms with Gasteiger partial charge in [0.1, 0.15) is 10.6 Å². The van der Waals surface area contributed by atoms with Gasteiger partial charge < -0.3 is 9.15 Å². The van der Waals surface area contributed by atoms with Crippen molar-refractivity contribution in [2.24, 2.45) is 5.92 Å². The molecule has 0 radical (unpaired) electrons. The van der Waals surface area contributed by atoms with Crippen molar-refractivity contribution < 1.29 is 18.7 Å². The quantitative estimate of drug-likeness (QED) is 0.556. The Balaban J connectivity index is 1.57. The molecule has 8 heteroatoms. The number of nitrogens with zero attached hydrogens (tertiary/aromatic N) is 2. The van der Waals surface area contributed by atoms with Gasteiger partial charge in [0.05, 0.1) is 11.8 Å². The van der Waals surface area contributed by atoms with Crippen LogP contribution in [0.1, 0.15) is 51.9 Å². The van der Waals surface area contributed by atoms with Crippen LogP contribution in [0.25, 0.3) is 11.5 Å². The van der Waals surface area contributed by atoms with Crippen molar-refractivity contribution in [1.29, 1.82) is 0 Å². The smallest absolute Gasteiger partial charge is 0.259 e. The van der Waals surface area contributed by atoms with E-state index in [0.717, 1.165) is 18.5 Å². The molecule has 0 atom stereocenters. The summed E-state index contributed by atoms with van der Waals surface area (Å²) >= 11 is 1.18. The fraction of sp³-hybridized carbons (Fsp3) is 0.364. The first kappa shape index (κ1) is 20.4. The minimum atomic E-state index is -0.310. The average molecular weight is 426 g/mol. The van der Waals surface area contributed by atoms with Gasteiger partial charge in [-0.25, -0.2) is 4.98 Å². The molecule has 0 saturated carbocycles. The lowest BCUT2D eigenvalue weighted by Crippen LogP contribution is -2.23. The summed E-state index contributed by atoms with van der Waals surface area (Å²) < 4.78 is 10.9. The number of furan rings is 1. The van der Waals surface area contributed by atoms with Crippen LogP contribution in [-0.2, 0) is 11.2 Å². The number of hydrogen-bond donors (Lipinski definition) is 1. The minimum absolute atomic E-state index is 0.0216. The van der Waals surface area contributed by atoms with Crippen LogP contribution >= 0.6 is 11.3 Å². The van der Waals surface area contributed by atoms with Crippen molar-refractivity contribution in [2.45, 2.75) is 32.6 Å². The van der Waals surface area contributed by atoms with Crippen LogP contribution in [-0.4, -0.2) is 34.9 Å². The largest absolute Gasteiger partial charge is 0.463 e. The maximum absolute atomic E-state index is 13.1. The zero-order valence-electron chi connectivity index (χ0n) is 16.7. The van der Waals surface area contributed by atoms with E-state index in [-0.39, 0.29) is 17.6 Å². The molecule has 0 aromatic carbocycles. The van der Waals surface area contributed by atoms with Gasteiger partial charge in [0.15, 0.2) is 16.7 Å². The highest BCUT2D eigenvalue weighted by Gasteiger charge is 2.29. The number of thiazole rings is 1. The summed E-state index contributed by atoms with van der Waals surface area (Å²) in [4.78, 5) is 35.1. The minimum Gasteiger partial charge on any atom is -0.463 e. The van der Waals surface area contributed by atoms with Crippen LogP contribution in [0, 0.1) is 5.92 Å². The third kappa shape index (κ3) is 4.49. The first-order valence-electron chi connectivity index (χ1n) is 10.1.